The van der Waals surface area contributed by atoms with E-state index < -0.39 is 6.10 Å². The number of nitrogens with two attached hydrogens (primary N) is 1. The van der Waals surface area contributed by atoms with Gasteiger partial charge in [-0.3, -0.25) is 0 Å². The van der Waals surface area contributed by atoms with Gasteiger partial charge in [0, 0.05) is 6.54 Å². The van der Waals surface area contributed by atoms with Gasteiger partial charge in [-0.2, -0.15) is 0 Å². The number of benzene rings is 1. The van der Waals surface area contributed by atoms with Crippen molar-refractivity contribution in [3.63, 3.8) is 0 Å². The van der Waals surface area contributed by atoms with E-state index in [1.54, 1.807) is 6.07 Å². The van der Waals surface area contributed by atoms with Gasteiger partial charge in [0.25, 0.3) is 0 Å². The molecule has 2 nitrogen and oxygen atoms in total. The van der Waals surface area contributed by atoms with Gasteiger partial charge in [0.15, 0.2) is 0 Å². The maximum absolute atomic E-state index is 14.0. The fourth-order valence-electron chi connectivity index (χ4n) is 2.63. The molecule has 1 fully saturated rings. The molecule has 0 heterocycles. The van der Waals surface area contributed by atoms with Crippen molar-refractivity contribution in [3.8, 4) is 0 Å². The van der Waals surface area contributed by atoms with Crippen LogP contribution in [0.25, 0.3) is 0 Å². The van der Waals surface area contributed by atoms with E-state index in [1.165, 1.54) is 25.3 Å². The van der Waals surface area contributed by atoms with Crippen LogP contribution in [0.3, 0.4) is 0 Å². The summed E-state index contributed by atoms with van der Waals surface area (Å²) in [5.74, 6) is 0.162. The summed E-state index contributed by atoms with van der Waals surface area (Å²) in [5.41, 5.74) is 6.74. The van der Waals surface area contributed by atoms with E-state index in [9.17, 15) is 9.50 Å². The van der Waals surface area contributed by atoms with Gasteiger partial charge in [0.05, 0.1) is 6.10 Å². The lowest BCUT2D eigenvalue weighted by molar-refractivity contribution is 0.186. The van der Waals surface area contributed by atoms with Crippen molar-refractivity contribution >= 4 is 0 Å². The first-order valence-corrected chi connectivity index (χ1v) is 6.40. The lowest BCUT2D eigenvalue weighted by Crippen LogP contribution is -2.13. The van der Waals surface area contributed by atoms with Crippen molar-refractivity contribution < 1.29 is 9.50 Å². The molecule has 1 atom stereocenters. The molecule has 94 valence electrons. The van der Waals surface area contributed by atoms with E-state index in [4.69, 9.17) is 5.73 Å². The van der Waals surface area contributed by atoms with Crippen molar-refractivity contribution in [1.29, 1.82) is 0 Å². The summed E-state index contributed by atoms with van der Waals surface area (Å²) in [5, 5.41) is 9.56. The van der Waals surface area contributed by atoms with Gasteiger partial charge >= 0.3 is 0 Å². The topological polar surface area (TPSA) is 46.2 Å². The Morgan fingerprint density at radius 1 is 1.29 bits per heavy atom. The third-order valence-electron chi connectivity index (χ3n) is 3.68. The van der Waals surface area contributed by atoms with E-state index in [0.717, 1.165) is 18.4 Å². The summed E-state index contributed by atoms with van der Waals surface area (Å²) < 4.78 is 14.0. The second kappa shape index (κ2) is 5.61. The highest BCUT2D eigenvalue weighted by molar-refractivity contribution is 5.29. The average molecular weight is 237 g/mol. The first kappa shape index (κ1) is 12.5. The van der Waals surface area contributed by atoms with Gasteiger partial charge in [0.2, 0.25) is 0 Å². The number of hydrogen-bond donors (Lipinski definition) is 2. The maximum Gasteiger partial charge on any atom is 0.127 e. The van der Waals surface area contributed by atoms with Gasteiger partial charge in [-0.05, 0) is 36.0 Å². The second-order valence-corrected chi connectivity index (χ2v) is 4.87. The molecule has 1 aromatic carbocycles. The molecule has 3 N–H and O–H groups in total. The molecule has 0 bridgehead atoms. The van der Waals surface area contributed by atoms with Crippen LogP contribution >= 0.6 is 0 Å². The van der Waals surface area contributed by atoms with Crippen LogP contribution in [0, 0.1) is 5.82 Å². The predicted octanol–water partition coefficient (Wildman–Crippen LogP) is 2.87. The van der Waals surface area contributed by atoms with Gasteiger partial charge < -0.3 is 10.8 Å². The van der Waals surface area contributed by atoms with Crippen molar-refractivity contribution in [2.24, 2.45) is 5.73 Å². The molecule has 1 saturated carbocycles. The van der Waals surface area contributed by atoms with E-state index in [-0.39, 0.29) is 12.4 Å². The quantitative estimate of drug-likeness (QED) is 0.849. The minimum atomic E-state index is -0.759. The van der Waals surface area contributed by atoms with E-state index in [2.05, 4.69) is 0 Å². The Morgan fingerprint density at radius 3 is 2.59 bits per heavy atom. The van der Waals surface area contributed by atoms with Crippen molar-refractivity contribution in [2.75, 3.05) is 6.54 Å². The Kier molecular flexibility index (Phi) is 4.13. The Morgan fingerprint density at radius 2 is 2.00 bits per heavy atom. The Bertz CT molecular complexity index is 374. The zero-order valence-electron chi connectivity index (χ0n) is 10.0. The molecule has 0 spiro atoms. The number of hydrogen-bond acceptors (Lipinski definition) is 2. The molecule has 0 aromatic heterocycles. The van der Waals surface area contributed by atoms with E-state index in [1.807, 2.05) is 6.07 Å². The van der Waals surface area contributed by atoms with Gasteiger partial charge in [-0.15, -0.1) is 0 Å². The molecule has 0 saturated heterocycles. The predicted molar refractivity (Wildman–Crippen MR) is 66.2 cm³/mol. The highest BCUT2D eigenvalue weighted by atomic mass is 19.1. The minimum absolute atomic E-state index is 0.127. The summed E-state index contributed by atoms with van der Waals surface area (Å²) in [4.78, 5) is 0. The van der Waals surface area contributed by atoms with Crippen LogP contribution in [0.5, 0.6) is 0 Å². The largest absolute Gasteiger partial charge is 0.387 e. The van der Waals surface area contributed by atoms with Crippen molar-refractivity contribution in [1.82, 2.24) is 0 Å². The normalized spacial score (nSPS) is 19.2. The lowest BCUT2D eigenvalue weighted by Gasteiger charge is -2.23. The highest BCUT2D eigenvalue weighted by Crippen LogP contribution is 2.34. The first-order chi connectivity index (χ1) is 8.22. The second-order valence-electron chi connectivity index (χ2n) is 4.87. The maximum atomic E-state index is 14.0. The van der Waals surface area contributed by atoms with Gasteiger partial charge in [-0.1, -0.05) is 31.4 Å². The highest BCUT2D eigenvalue weighted by Gasteiger charge is 2.19. The summed E-state index contributed by atoms with van der Waals surface area (Å²) in [6.07, 6.45) is 5.05. The number of rotatable bonds is 3. The van der Waals surface area contributed by atoms with Crippen molar-refractivity contribution in [2.45, 2.75) is 44.1 Å². The van der Waals surface area contributed by atoms with E-state index in [0.29, 0.717) is 11.5 Å². The van der Waals surface area contributed by atoms with Crippen LogP contribution in [-0.2, 0) is 0 Å². The number of aliphatic hydroxyl groups is 1. The lowest BCUT2D eigenvalue weighted by atomic mass is 9.83. The molecule has 0 radical (unpaired) electrons. The summed E-state index contributed by atoms with van der Waals surface area (Å²) in [6, 6.07) is 5.05. The van der Waals surface area contributed by atoms with Crippen LogP contribution in [-0.4, -0.2) is 11.7 Å². The SMILES string of the molecule is NCC(O)c1ccc(C2CCCCC2)c(F)c1. The first-order valence-electron chi connectivity index (χ1n) is 6.40. The number of halogens is 1. The zero-order valence-corrected chi connectivity index (χ0v) is 10.0. The number of aliphatic hydroxyl groups excluding tert-OH is 1. The summed E-state index contributed by atoms with van der Waals surface area (Å²) in [7, 11) is 0. The Balaban J connectivity index is 2.18. The minimum Gasteiger partial charge on any atom is -0.387 e. The molecule has 0 aliphatic heterocycles. The summed E-state index contributed by atoms with van der Waals surface area (Å²) in [6.45, 7) is 0.127. The van der Waals surface area contributed by atoms with Gasteiger partial charge in [-0.25, -0.2) is 4.39 Å². The fourth-order valence-corrected chi connectivity index (χ4v) is 2.63. The third-order valence-corrected chi connectivity index (χ3v) is 3.68. The zero-order chi connectivity index (χ0) is 12.3. The Labute approximate surface area is 102 Å². The average Bonchev–Trinajstić information content (AvgIpc) is 2.38. The molecule has 17 heavy (non-hydrogen) atoms. The molecule has 2 rings (SSSR count). The standard InChI is InChI=1S/C14H20FNO/c15-13-8-11(14(17)9-16)6-7-12(13)10-4-2-1-3-5-10/h6-8,10,14,17H,1-5,9,16H2. The van der Waals surface area contributed by atoms with Crippen LogP contribution < -0.4 is 5.73 Å². The fraction of sp³-hybridized carbons (Fsp3) is 0.571. The molecule has 1 aromatic rings. The monoisotopic (exact) mass is 237 g/mol. The van der Waals surface area contributed by atoms with Crippen LogP contribution in [0.15, 0.2) is 18.2 Å². The smallest absolute Gasteiger partial charge is 0.127 e. The van der Waals surface area contributed by atoms with Crippen LogP contribution in [0.4, 0.5) is 4.39 Å². The van der Waals surface area contributed by atoms with E-state index >= 15 is 0 Å². The molecular formula is C14H20FNO. The molecule has 3 heteroatoms. The molecule has 1 unspecified atom stereocenters. The third kappa shape index (κ3) is 2.85. The summed E-state index contributed by atoms with van der Waals surface area (Å²) >= 11 is 0. The molecular weight excluding hydrogens is 217 g/mol. The van der Waals surface area contributed by atoms with Crippen LogP contribution in [0.1, 0.15) is 55.3 Å². The Hall–Kier alpha value is -0.930. The van der Waals surface area contributed by atoms with Crippen molar-refractivity contribution in [3.05, 3.63) is 35.1 Å². The molecule has 1 aliphatic rings. The molecule has 1 aliphatic carbocycles. The molecule has 0 amide bonds. The van der Waals surface area contributed by atoms with Crippen LogP contribution in [0.2, 0.25) is 0 Å². The van der Waals surface area contributed by atoms with Gasteiger partial charge in [0.1, 0.15) is 5.82 Å².